The van der Waals surface area contributed by atoms with Gasteiger partial charge in [-0.05, 0) is 20.8 Å². The van der Waals surface area contributed by atoms with Gasteiger partial charge in [0, 0.05) is 30.9 Å². The molecule has 16 heavy (non-hydrogen) atoms. The quantitative estimate of drug-likeness (QED) is 0.588. The van der Waals surface area contributed by atoms with Crippen LogP contribution in [0.1, 0.15) is 19.5 Å². The zero-order valence-electron chi connectivity index (χ0n) is 9.95. The number of aliphatic imine (C=N–C) groups is 1. The van der Waals surface area contributed by atoms with Crippen LogP contribution in [0.2, 0.25) is 0 Å². The van der Waals surface area contributed by atoms with Gasteiger partial charge >= 0.3 is 0 Å². The Labute approximate surface area is 95.0 Å². The summed E-state index contributed by atoms with van der Waals surface area (Å²) in [4.78, 5) is 20.4. The molecule has 5 nitrogen and oxygen atoms in total. The maximum absolute atomic E-state index is 11.4. The molecule has 0 radical (unpaired) electrons. The van der Waals surface area contributed by atoms with E-state index in [0.29, 0.717) is 24.9 Å². The lowest BCUT2D eigenvalue weighted by Crippen LogP contribution is -2.38. The number of aromatic nitrogens is 1. The van der Waals surface area contributed by atoms with E-state index in [1.165, 1.54) is 6.07 Å². The highest BCUT2D eigenvalue weighted by Gasteiger charge is 2.09. The summed E-state index contributed by atoms with van der Waals surface area (Å²) in [5.74, 6) is 1.11. The third kappa shape index (κ3) is 2.85. The number of hydrogen-bond acceptors (Lipinski definition) is 2. The third-order valence-corrected chi connectivity index (χ3v) is 2.17. The number of nitrogens with zero attached hydrogens (tertiary/aromatic N) is 2. The Morgan fingerprint density at radius 1 is 1.50 bits per heavy atom. The first-order valence-electron chi connectivity index (χ1n) is 5.36. The second-order valence-electron chi connectivity index (χ2n) is 3.46. The Morgan fingerprint density at radius 2 is 2.19 bits per heavy atom. The van der Waals surface area contributed by atoms with Crippen molar-refractivity contribution in [3.8, 4) is 0 Å². The molecule has 5 heteroatoms. The van der Waals surface area contributed by atoms with Crippen molar-refractivity contribution in [1.29, 1.82) is 0 Å². The molecule has 0 aromatic carbocycles. The number of rotatable bonds is 3. The van der Waals surface area contributed by atoms with Gasteiger partial charge in [-0.3, -0.25) is 14.7 Å². The van der Waals surface area contributed by atoms with E-state index in [2.05, 4.69) is 9.98 Å². The summed E-state index contributed by atoms with van der Waals surface area (Å²) in [7, 11) is 0. The van der Waals surface area contributed by atoms with Crippen molar-refractivity contribution in [2.24, 2.45) is 10.7 Å². The van der Waals surface area contributed by atoms with Crippen LogP contribution < -0.4 is 16.1 Å². The van der Waals surface area contributed by atoms with Crippen LogP contribution in [0.4, 0.5) is 5.82 Å². The monoisotopic (exact) mass is 222 g/mol. The molecule has 1 rings (SSSR count). The van der Waals surface area contributed by atoms with Crippen LogP contribution in [0.5, 0.6) is 0 Å². The highest BCUT2D eigenvalue weighted by molar-refractivity contribution is 5.93. The van der Waals surface area contributed by atoms with Gasteiger partial charge in [0.1, 0.15) is 5.82 Å². The topological polar surface area (TPSA) is 74.5 Å². The van der Waals surface area contributed by atoms with Gasteiger partial charge in [0.25, 0.3) is 0 Å². The number of aromatic amines is 1. The minimum atomic E-state index is -0.0333. The zero-order chi connectivity index (χ0) is 12.1. The first-order chi connectivity index (χ1) is 7.58. The second-order valence-corrected chi connectivity index (χ2v) is 3.46. The van der Waals surface area contributed by atoms with Gasteiger partial charge in [-0.15, -0.1) is 0 Å². The third-order valence-electron chi connectivity index (χ3n) is 2.17. The fraction of sp³-hybridized carbons (Fsp3) is 0.455. The summed E-state index contributed by atoms with van der Waals surface area (Å²) in [5, 5.41) is 0. The summed E-state index contributed by atoms with van der Waals surface area (Å²) in [6.07, 6.45) is 0. The molecule has 0 bridgehead atoms. The van der Waals surface area contributed by atoms with Crippen LogP contribution in [0.15, 0.2) is 21.9 Å². The van der Waals surface area contributed by atoms with Gasteiger partial charge in [0.2, 0.25) is 0 Å². The number of nitrogens with one attached hydrogen (secondary N) is 1. The fourth-order valence-electron chi connectivity index (χ4n) is 1.51. The SMILES string of the molecule is CCN=C(N)N(CC)c1cc(=O)cc(C)[nH]1. The van der Waals surface area contributed by atoms with Gasteiger partial charge < -0.3 is 10.7 Å². The summed E-state index contributed by atoms with van der Waals surface area (Å²) in [6.45, 7) is 7.00. The maximum atomic E-state index is 11.4. The lowest BCUT2D eigenvalue weighted by molar-refractivity contribution is 0.973. The number of hydrogen-bond donors (Lipinski definition) is 2. The van der Waals surface area contributed by atoms with E-state index < -0.39 is 0 Å². The van der Waals surface area contributed by atoms with Gasteiger partial charge in [0.05, 0.1) is 0 Å². The number of aryl methyl sites for hydroxylation is 1. The Morgan fingerprint density at radius 3 is 2.69 bits per heavy atom. The van der Waals surface area contributed by atoms with Crippen molar-refractivity contribution in [1.82, 2.24) is 4.98 Å². The molecule has 0 aliphatic rings. The molecule has 0 fully saturated rings. The predicted molar refractivity (Wildman–Crippen MR) is 67.0 cm³/mol. The molecule has 0 saturated heterocycles. The van der Waals surface area contributed by atoms with Crippen molar-refractivity contribution in [3.63, 3.8) is 0 Å². The highest BCUT2D eigenvalue weighted by Crippen LogP contribution is 2.07. The molecule has 0 unspecified atom stereocenters. The maximum Gasteiger partial charge on any atom is 0.196 e. The minimum absolute atomic E-state index is 0.0333. The van der Waals surface area contributed by atoms with Crippen molar-refractivity contribution in [2.75, 3.05) is 18.0 Å². The molecule has 3 N–H and O–H groups in total. The van der Waals surface area contributed by atoms with Crippen LogP contribution in [0.3, 0.4) is 0 Å². The average Bonchev–Trinajstić information content (AvgIpc) is 2.17. The van der Waals surface area contributed by atoms with E-state index in [9.17, 15) is 4.79 Å². The molecule has 1 aromatic rings. The van der Waals surface area contributed by atoms with Crippen LogP contribution in [-0.4, -0.2) is 24.0 Å². The normalized spacial score (nSPS) is 11.6. The van der Waals surface area contributed by atoms with Crippen LogP contribution in [0.25, 0.3) is 0 Å². The molecule has 1 aromatic heterocycles. The first-order valence-corrected chi connectivity index (χ1v) is 5.36. The van der Waals surface area contributed by atoms with Crippen molar-refractivity contribution in [2.45, 2.75) is 20.8 Å². The lowest BCUT2D eigenvalue weighted by Gasteiger charge is -2.21. The number of guanidine groups is 1. The molecule has 88 valence electrons. The number of H-pyrrole nitrogens is 1. The van der Waals surface area contributed by atoms with Gasteiger partial charge in [-0.2, -0.15) is 0 Å². The van der Waals surface area contributed by atoms with Crippen LogP contribution >= 0.6 is 0 Å². The fourth-order valence-corrected chi connectivity index (χ4v) is 1.51. The highest BCUT2D eigenvalue weighted by atomic mass is 16.1. The molecule has 0 aliphatic heterocycles. The van der Waals surface area contributed by atoms with E-state index in [0.717, 1.165) is 5.69 Å². The van der Waals surface area contributed by atoms with E-state index >= 15 is 0 Å². The largest absolute Gasteiger partial charge is 0.369 e. The summed E-state index contributed by atoms with van der Waals surface area (Å²) >= 11 is 0. The predicted octanol–water partition coefficient (Wildman–Crippen LogP) is 0.844. The van der Waals surface area contributed by atoms with Gasteiger partial charge in [0.15, 0.2) is 11.4 Å². The van der Waals surface area contributed by atoms with Crippen molar-refractivity contribution < 1.29 is 0 Å². The lowest BCUT2D eigenvalue weighted by atomic mass is 10.3. The van der Waals surface area contributed by atoms with Crippen LogP contribution in [0, 0.1) is 6.92 Å². The smallest absolute Gasteiger partial charge is 0.196 e. The standard InChI is InChI=1S/C11H18N4O/c1-4-13-11(12)15(5-2)10-7-9(16)6-8(3)14-10/h6-7H,4-5H2,1-3H3,(H2,12,13)(H,14,16). The Balaban J connectivity index is 3.13. The molecule has 0 aliphatic carbocycles. The number of nitrogens with two attached hydrogens (primary N) is 1. The summed E-state index contributed by atoms with van der Waals surface area (Å²) in [6, 6.07) is 3.07. The minimum Gasteiger partial charge on any atom is -0.369 e. The molecule has 0 saturated carbocycles. The van der Waals surface area contributed by atoms with Gasteiger partial charge in [-0.1, -0.05) is 0 Å². The molecule has 1 heterocycles. The summed E-state index contributed by atoms with van der Waals surface area (Å²) in [5.41, 5.74) is 6.60. The zero-order valence-corrected chi connectivity index (χ0v) is 9.95. The van der Waals surface area contributed by atoms with E-state index in [-0.39, 0.29) is 5.43 Å². The molecular formula is C11H18N4O. The Kier molecular flexibility index (Phi) is 4.10. The Bertz CT molecular complexity index is 436. The molecular weight excluding hydrogens is 204 g/mol. The molecule has 0 atom stereocenters. The van der Waals surface area contributed by atoms with Gasteiger partial charge in [-0.25, -0.2) is 0 Å². The van der Waals surface area contributed by atoms with E-state index in [1.54, 1.807) is 11.0 Å². The average molecular weight is 222 g/mol. The van der Waals surface area contributed by atoms with Crippen molar-refractivity contribution >= 4 is 11.8 Å². The first kappa shape index (κ1) is 12.3. The molecule has 0 spiro atoms. The summed E-state index contributed by atoms with van der Waals surface area (Å²) < 4.78 is 0. The molecule has 0 amide bonds. The number of pyridine rings is 1. The number of anilines is 1. The second kappa shape index (κ2) is 5.34. The van der Waals surface area contributed by atoms with E-state index in [1.807, 2.05) is 20.8 Å². The van der Waals surface area contributed by atoms with Crippen molar-refractivity contribution in [3.05, 3.63) is 28.0 Å². The van der Waals surface area contributed by atoms with E-state index in [4.69, 9.17) is 5.73 Å². The Hall–Kier alpha value is -1.78. The van der Waals surface area contributed by atoms with Crippen LogP contribution in [-0.2, 0) is 0 Å².